The molecule has 0 aliphatic carbocycles. The monoisotopic (exact) mass is 399 g/mol. The van der Waals surface area contributed by atoms with Gasteiger partial charge in [0.15, 0.2) is 0 Å². The minimum Gasteiger partial charge on any atom is -0.321 e. The summed E-state index contributed by atoms with van der Waals surface area (Å²) in [5.74, 6) is 0.147. The first kappa shape index (κ1) is 17.4. The number of anilines is 1. The molecule has 29 heavy (non-hydrogen) atoms. The highest BCUT2D eigenvalue weighted by atomic mass is 35.5. The zero-order chi connectivity index (χ0) is 20.0. The molecule has 0 fully saturated rings. The van der Waals surface area contributed by atoms with Gasteiger partial charge in [-0.05, 0) is 48.5 Å². The Morgan fingerprint density at radius 3 is 2.45 bits per heavy atom. The number of halogens is 1. The fraction of sp³-hybridized carbons (Fsp3) is 0. The van der Waals surface area contributed by atoms with E-state index in [0.29, 0.717) is 33.0 Å². The van der Waals surface area contributed by atoms with Gasteiger partial charge >= 0.3 is 0 Å². The Balaban J connectivity index is 1.82. The summed E-state index contributed by atoms with van der Waals surface area (Å²) in [5, 5.41) is 3.92. The maximum absolute atomic E-state index is 13.3. The third kappa shape index (κ3) is 2.92. The largest absolute Gasteiger partial charge is 0.321 e. The number of carbonyl (C=O) groups is 1. The third-order valence-corrected chi connectivity index (χ3v) is 5.12. The molecule has 140 valence electrons. The predicted molar refractivity (Wildman–Crippen MR) is 115 cm³/mol. The van der Waals surface area contributed by atoms with Crippen LogP contribution in [0.15, 0.2) is 77.6 Å². The minimum atomic E-state index is -0.226. The van der Waals surface area contributed by atoms with E-state index in [1.165, 1.54) is 4.57 Å². The fourth-order valence-electron chi connectivity index (χ4n) is 3.50. The Kier molecular flexibility index (Phi) is 4.03. The van der Waals surface area contributed by atoms with Crippen LogP contribution in [0.3, 0.4) is 0 Å². The SMILES string of the molecule is O=C1Nc2ccccc2/C1=C/c1nc2ccccc2c(=O)n1-c1ccc(Cl)cc1. The maximum atomic E-state index is 13.3. The highest BCUT2D eigenvalue weighted by Crippen LogP contribution is 2.32. The number of para-hydroxylation sites is 2. The van der Waals surface area contributed by atoms with Gasteiger partial charge in [-0.3, -0.25) is 14.2 Å². The Hall–Kier alpha value is -3.70. The van der Waals surface area contributed by atoms with E-state index in [0.717, 1.165) is 11.3 Å². The molecular weight excluding hydrogens is 386 g/mol. The van der Waals surface area contributed by atoms with Crippen molar-refractivity contribution in [3.63, 3.8) is 0 Å². The van der Waals surface area contributed by atoms with E-state index in [9.17, 15) is 9.59 Å². The summed E-state index contributed by atoms with van der Waals surface area (Å²) < 4.78 is 1.50. The van der Waals surface area contributed by atoms with E-state index < -0.39 is 0 Å². The topological polar surface area (TPSA) is 64.0 Å². The van der Waals surface area contributed by atoms with Crippen molar-refractivity contribution < 1.29 is 4.79 Å². The Bertz CT molecular complexity index is 1370. The van der Waals surface area contributed by atoms with Gasteiger partial charge < -0.3 is 5.32 Å². The second-order valence-electron chi connectivity index (χ2n) is 6.66. The summed E-state index contributed by atoms with van der Waals surface area (Å²) >= 11 is 6.02. The molecule has 0 atom stereocenters. The lowest BCUT2D eigenvalue weighted by Gasteiger charge is -2.12. The predicted octanol–water partition coefficient (Wildman–Crippen LogP) is 4.53. The molecule has 0 saturated carbocycles. The van der Waals surface area contributed by atoms with Gasteiger partial charge in [-0.15, -0.1) is 0 Å². The first-order chi connectivity index (χ1) is 14.1. The molecule has 0 saturated heterocycles. The van der Waals surface area contributed by atoms with E-state index in [2.05, 4.69) is 10.3 Å². The molecule has 5 rings (SSSR count). The van der Waals surface area contributed by atoms with Gasteiger partial charge in [-0.25, -0.2) is 4.98 Å². The Morgan fingerprint density at radius 2 is 1.62 bits per heavy atom. The molecule has 5 nitrogen and oxygen atoms in total. The summed E-state index contributed by atoms with van der Waals surface area (Å²) in [6.45, 7) is 0. The number of aromatic nitrogens is 2. The second kappa shape index (κ2) is 6.72. The summed E-state index contributed by atoms with van der Waals surface area (Å²) in [6.07, 6.45) is 1.66. The van der Waals surface area contributed by atoms with Crippen LogP contribution in [0.1, 0.15) is 11.4 Å². The van der Waals surface area contributed by atoms with Crippen LogP contribution in [0.25, 0.3) is 28.2 Å². The summed E-state index contributed by atoms with van der Waals surface area (Å²) in [7, 11) is 0. The summed E-state index contributed by atoms with van der Waals surface area (Å²) in [5.41, 5.74) is 2.96. The molecule has 1 aliphatic rings. The molecule has 1 aliphatic heterocycles. The van der Waals surface area contributed by atoms with Crippen molar-refractivity contribution in [3.05, 3.63) is 99.6 Å². The van der Waals surface area contributed by atoms with Crippen LogP contribution in [-0.2, 0) is 4.79 Å². The molecule has 0 radical (unpaired) electrons. The van der Waals surface area contributed by atoms with Crippen LogP contribution in [0.2, 0.25) is 5.02 Å². The van der Waals surface area contributed by atoms with Crippen molar-refractivity contribution in [1.29, 1.82) is 0 Å². The molecule has 4 aromatic rings. The lowest BCUT2D eigenvalue weighted by Crippen LogP contribution is -2.22. The van der Waals surface area contributed by atoms with Crippen molar-refractivity contribution in [2.45, 2.75) is 0 Å². The van der Waals surface area contributed by atoms with Crippen LogP contribution in [0.5, 0.6) is 0 Å². The smallest absolute Gasteiger partial charge is 0.266 e. The van der Waals surface area contributed by atoms with Gasteiger partial charge in [0, 0.05) is 16.3 Å². The molecule has 2 heterocycles. The number of benzene rings is 3. The molecule has 6 heteroatoms. The van der Waals surface area contributed by atoms with Crippen molar-refractivity contribution in [3.8, 4) is 5.69 Å². The normalized spacial score (nSPS) is 14.2. The van der Waals surface area contributed by atoms with Gasteiger partial charge in [-0.2, -0.15) is 0 Å². The molecular formula is C23H14ClN3O2. The summed E-state index contributed by atoms with van der Waals surface area (Å²) in [6, 6.07) is 21.5. The van der Waals surface area contributed by atoms with Crippen LogP contribution < -0.4 is 10.9 Å². The fourth-order valence-corrected chi connectivity index (χ4v) is 3.62. The third-order valence-electron chi connectivity index (χ3n) is 4.87. The zero-order valence-electron chi connectivity index (χ0n) is 15.1. The van der Waals surface area contributed by atoms with E-state index >= 15 is 0 Å². The standard InChI is InChI=1S/C23H14ClN3O2/c24-14-9-11-15(12-10-14)27-21(25-20-8-4-2-6-17(20)23(27)29)13-18-16-5-1-3-7-19(16)26-22(18)28/h1-13H,(H,26,28)/b18-13-. The number of amides is 1. The molecule has 3 aromatic carbocycles. The zero-order valence-corrected chi connectivity index (χ0v) is 15.9. The molecule has 0 bridgehead atoms. The Labute approximate surface area is 170 Å². The number of nitrogens with one attached hydrogen (secondary N) is 1. The second-order valence-corrected chi connectivity index (χ2v) is 7.10. The number of carbonyl (C=O) groups excluding carboxylic acids is 1. The van der Waals surface area contributed by atoms with Gasteiger partial charge in [0.1, 0.15) is 5.82 Å². The number of hydrogen-bond acceptors (Lipinski definition) is 3. The van der Waals surface area contributed by atoms with Crippen molar-refractivity contribution in [2.24, 2.45) is 0 Å². The first-order valence-electron chi connectivity index (χ1n) is 9.02. The molecule has 1 amide bonds. The van der Waals surface area contributed by atoms with Gasteiger partial charge in [0.05, 0.1) is 22.2 Å². The van der Waals surface area contributed by atoms with Crippen molar-refractivity contribution in [2.75, 3.05) is 5.32 Å². The Morgan fingerprint density at radius 1 is 0.897 bits per heavy atom. The van der Waals surface area contributed by atoms with E-state index in [1.807, 2.05) is 30.3 Å². The average Bonchev–Trinajstić information content (AvgIpc) is 3.05. The molecule has 1 N–H and O–H groups in total. The lowest BCUT2D eigenvalue weighted by molar-refractivity contribution is -0.110. The van der Waals surface area contributed by atoms with Crippen molar-refractivity contribution >= 4 is 45.7 Å². The molecule has 0 unspecified atom stereocenters. The maximum Gasteiger partial charge on any atom is 0.266 e. The number of fused-ring (bicyclic) bond motifs is 2. The number of nitrogens with zero attached hydrogens (tertiary/aromatic N) is 2. The molecule has 1 aromatic heterocycles. The quantitative estimate of drug-likeness (QED) is 0.503. The highest BCUT2D eigenvalue weighted by Gasteiger charge is 2.24. The van der Waals surface area contributed by atoms with Crippen LogP contribution in [0, 0.1) is 0 Å². The average molecular weight is 400 g/mol. The number of hydrogen-bond donors (Lipinski definition) is 1. The van der Waals surface area contributed by atoms with Gasteiger partial charge in [0.2, 0.25) is 0 Å². The van der Waals surface area contributed by atoms with Crippen molar-refractivity contribution in [1.82, 2.24) is 9.55 Å². The van der Waals surface area contributed by atoms with Gasteiger partial charge in [-0.1, -0.05) is 41.9 Å². The highest BCUT2D eigenvalue weighted by molar-refractivity contribution is 6.34. The minimum absolute atomic E-state index is 0.212. The number of rotatable bonds is 2. The van der Waals surface area contributed by atoms with E-state index in [1.54, 1.807) is 48.5 Å². The first-order valence-corrected chi connectivity index (χ1v) is 9.40. The van der Waals surface area contributed by atoms with Crippen LogP contribution in [0.4, 0.5) is 5.69 Å². The molecule has 0 spiro atoms. The van der Waals surface area contributed by atoms with E-state index in [4.69, 9.17) is 11.6 Å². The van der Waals surface area contributed by atoms with Crippen LogP contribution >= 0.6 is 11.6 Å². The summed E-state index contributed by atoms with van der Waals surface area (Å²) in [4.78, 5) is 30.5. The van der Waals surface area contributed by atoms with Crippen LogP contribution in [-0.4, -0.2) is 15.5 Å². The van der Waals surface area contributed by atoms with E-state index in [-0.39, 0.29) is 11.5 Å². The lowest BCUT2D eigenvalue weighted by atomic mass is 10.1. The van der Waals surface area contributed by atoms with Gasteiger partial charge in [0.25, 0.3) is 11.5 Å².